The molecule has 0 bridgehead atoms. The fourth-order valence-electron chi connectivity index (χ4n) is 1.42. The van der Waals surface area contributed by atoms with Crippen molar-refractivity contribution in [2.45, 2.75) is 31.0 Å². The number of carbonyl (C=O) groups is 5. The zero-order valence-corrected chi connectivity index (χ0v) is 11.9. The van der Waals surface area contributed by atoms with Crippen molar-refractivity contribution in [2.24, 2.45) is 11.5 Å². The molecule has 0 fully saturated rings. The van der Waals surface area contributed by atoms with Gasteiger partial charge < -0.3 is 37.4 Å². The molecule has 3 amide bonds. The van der Waals surface area contributed by atoms with Crippen molar-refractivity contribution < 1.29 is 39.3 Å². The minimum Gasteiger partial charge on any atom is -0.481 e. The molecular formula is C11H18N4O8. The van der Waals surface area contributed by atoms with E-state index in [1.54, 1.807) is 0 Å². The van der Waals surface area contributed by atoms with Crippen LogP contribution >= 0.6 is 0 Å². The molecule has 12 nitrogen and oxygen atoms in total. The molecule has 0 aliphatic rings. The summed E-state index contributed by atoms with van der Waals surface area (Å²) in [5.74, 6) is -6.18. The van der Waals surface area contributed by atoms with Crippen LogP contribution in [0, 0.1) is 0 Å². The highest BCUT2D eigenvalue weighted by Gasteiger charge is 2.30. The van der Waals surface area contributed by atoms with E-state index < -0.39 is 67.2 Å². The van der Waals surface area contributed by atoms with Gasteiger partial charge in [-0.3, -0.25) is 19.2 Å². The third kappa shape index (κ3) is 7.73. The van der Waals surface area contributed by atoms with Crippen molar-refractivity contribution in [2.75, 3.05) is 6.61 Å². The lowest BCUT2D eigenvalue weighted by Crippen LogP contribution is -2.56. The predicted molar refractivity (Wildman–Crippen MR) is 72.6 cm³/mol. The SMILES string of the molecule is NC(=O)CC(NC(=O)C(CC(=O)O)NC(=O)C(N)CO)C(=O)O. The van der Waals surface area contributed by atoms with E-state index >= 15 is 0 Å². The molecule has 3 unspecified atom stereocenters. The highest BCUT2D eigenvalue weighted by molar-refractivity contribution is 5.94. The summed E-state index contributed by atoms with van der Waals surface area (Å²) in [6, 6.07) is -4.72. The normalized spacial score (nSPS) is 14.2. The number of aliphatic hydroxyl groups is 1. The van der Waals surface area contributed by atoms with E-state index in [4.69, 9.17) is 26.8 Å². The van der Waals surface area contributed by atoms with Gasteiger partial charge in [-0.25, -0.2) is 4.79 Å². The molecule has 0 spiro atoms. The quantitative estimate of drug-likeness (QED) is 0.205. The summed E-state index contributed by atoms with van der Waals surface area (Å²) in [6.45, 7) is -0.743. The van der Waals surface area contributed by atoms with Gasteiger partial charge in [0.05, 0.1) is 19.4 Å². The molecule has 0 rings (SSSR count). The van der Waals surface area contributed by atoms with Gasteiger partial charge in [0, 0.05) is 0 Å². The number of carboxylic acids is 2. The average molecular weight is 334 g/mol. The Hall–Kier alpha value is -2.73. The second-order valence-electron chi connectivity index (χ2n) is 4.52. The van der Waals surface area contributed by atoms with Crippen molar-refractivity contribution in [3.05, 3.63) is 0 Å². The van der Waals surface area contributed by atoms with Gasteiger partial charge in [-0.15, -0.1) is 0 Å². The Morgan fingerprint density at radius 1 is 0.913 bits per heavy atom. The molecule has 12 heteroatoms. The average Bonchev–Trinajstić information content (AvgIpc) is 2.43. The van der Waals surface area contributed by atoms with Crippen molar-refractivity contribution >= 4 is 29.7 Å². The van der Waals surface area contributed by atoms with Gasteiger partial charge >= 0.3 is 11.9 Å². The van der Waals surface area contributed by atoms with E-state index in [2.05, 4.69) is 0 Å². The maximum Gasteiger partial charge on any atom is 0.326 e. The standard InChI is InChI=1S/C11H18N4O8/c12-4(3-16)9(20)14-5(2-8(18)19)10(21)15-6(11(22)23)1-7(13)17/h4-6,16H,1-3,12H2,(H2,13,17)(H,14,20)(H,15,21)(H,18,19)(H,22,23). The van der Waals surface area contributed by atoms with Crippen molar-refractivity contribution in [3.8, 4) is 0 Å². The van der Waals surface area contributed by atoms with E-state index in [-0.39, 0.29) is 0 Å². The first kappa shape index (κ1) is 20.3. The van der Waals surface area contributed by atoms with E-state index in [0.717, 1.165) is 0 Å². The Bertz CT molecular complexity index is 494. The highest BCUT2D eigenvalue weighted by atomic mass is 16.4. The van der Waals surface area contributed by atoms with Crippen molar-refractivity contribution in [1.29, 1.82) is 0 Å². The molecule has 3 atom stereocenters. The lowest BCUT2D eigenvalue weighted by atomic mass is 10.1. The minimum atomic E-state index is -1.68. The van der Waals surface area contributed by atoms with Crippen LogP contribution in [0.4, 0.5) is 0 Å². The summed E-state index contributed by atoms with van der Waals surface area (Å²) in [5.41, 5.74) is 10.1. The molecule has 130 valence electrons. The Kier molecular flexibility index (Phi) is 8.21. The zero-order chi connectivity index (χ0) is 18.2. The van der Waals surface area contributed by atoms with Gasteiger partial charge in [-0.2, -0.15) is 0 Å². The molecule has 0 heterocycles. The van der Waals surface area contributed by atoms with Crippen LogP contribution in [-0.4, -0.2) is 69.7 Å². The minimum absolute atomic E-state index is 0.717. The zero-order valence-electron chi connectivity index (χ0n) is 11.9. The topological polar surface area (TPSA) is 222 Å². The lowest BCUT2D eigenvalue weighted by Gasteiger charge is -2.21. The Labute approximate surface area is 129 Å². The van der Waals surface area contributed by atoms with E-state index in [9.17, 15) is 24.0 Å². The van der Waals surface area contributed by atoms with E-state index in [1.165, 1.54) is 0 Å². The summed E-state index contributed by atoms with van der Waals surface area (Å²) in [5, 5.41) is 30.2. The number of aliphatic hydroxyl groups excluding tert-OH is 1. The summed E-state index contributed by atoms with van der Waals surface area (Å²) < 4.78 is 0. The second kappa shape index (κ2) is 9.32. The number of rotatable bonds is 10. The number of aliphatic carboxylic acids is 2. The van der Waals surface area contributed by atoms with Crippen LogP contribution in [0.25, 0.3) is 0 Å². The largest absolute Gasteiger partial charge is 0.481 e. The molecule has 0 saturated carbocycles. The molecule has 0 aromatic rings. The van der Waals surface area contributed by atoms with Crippen LogP contribution in [0.5, 0.6) is 0 Å². The molecule has 0 radical (unpaired) electrons. The summed E-state index contributed by atoms with van der Waals surface area (Å²) in [4.78, 5) is 55.8. The maximum absolute atomic E-state index is 11.9. The summed E-state index contributed by atoms with van der Waals surface area (Å²) in [7, 11) is 0. The van der Waals surface area contributed by atoms with Gasteiger partial charge in [-0.1, -0.05) is 0 Å². The molecule has 9 N–H and O–H groups in total. The molecule has 23 heavy (non-hydrogen) atoms. The maximum atomic E-state index is 11.9. The molecule has 0 saturated heterocycles. The highest BCUT2D eigenvalue weighted by Crippen LogP contribution is 1.98. The van der Waals surface area contributed by atoms with Gasteiger partial charge in [0.1, 0.15) is 18.1 Å². The number of amides is 3. The Morgan fingerprint density at radius 2 is 1.43 bits per heavy atom. The number of hydrogen-bond donors (Lipinski definition) is 7. The monoisotopic (exact) mass is 334 g/mol. The first-order chi connectivity index (χ1) is 10.6. The van der Waals surface area contributed by atoms with E-state index in [1.807, 2.05) is 10.6 Å². The lowest BCUT2D eigenvalue weighted by molar-refractivity contribution is -0.144. The molecule has 0 aromatic heterocycles. The van der Waals surface area contributed by atoms with Crippen LogP contribution in [-0.2, 0) is 24.0 Å². The van der Waals surface area contributed by atoms with Gasteiger partial charge in [-0.05, 0) is 0 Å². The number of nitrogens with two attached hydrogens (primary N) is 2. The van der Waals surface area contributed by atoms with Crippen LogP contribution in [0.2, 0.25) is 0 Å². The fourth-order valence-corrected chi connectivity index (χ4v) is 1.42. The van der Waals surface area contributed by atoms with Crippen molar-refractivity contribution in [3.63, 3.8) is 0 Å². The summed E-state index contributed by atoms with van der Waals surface area (Å²) >= 11 is 0. The van der Waals surface area contributed by atoms with Crippen LogP contribution < -0.4 is 22.1 Å². The van der Waals surface area contributed by atoms with Crippen molar-refractivity contribution in [1.82, 2.24) is 10.6 Å². The third-order valence-corrected chi connectivity index (χ3v) is 2.57. The second-order valence-corrected chi connectivity index (χ2v) is 4.52. The first-order valence-electron chi connectivity index (χ1n) is 6.28. The predicted octanol–water partition coefficient (Wildman–Crippen LogP) is -4.29. The van der Waals surface area contributed by atoms with E-state index in [0.29, 0.717) is 0 Å². The number of nitrogens with one attached hydrogen (secondary N) is 2. The van der Waals surface area contributed by atoms with Gasteiger partial charge in [0.2, 0.25) is 17.7 Å². The van der Waals surface area contributed by atoms with Gasteiger partial charge in [0.25, 0.3) is 0 Å². The van der Waals surface area contributed by atoms with Gasteiger partial charge in [0.15, 0.2) is 0 Å². The molecule has 0 aliphatic carbocycles. The first-order valence-corrected chi connectivity index (χ1v) is 6.28. The smallest absolute Gasteiger partial charge is 0.326 e. The molecular weight excluding hydrogens is 316 g/mol. The van der Waals surface area contributed by atoms with Crippen LogP contribution in [0.15, 0.2) is 0 Å². The van der Waals surface area contributed by atoms with Crippen LogP contribution in [0.3, 0.4) is 0 Å². The summed E-state index contributed by atoms with van der Waals surface area (Å²) in [6.07, 6.45) is -1.58. The van der Waals surface area contributed by atoms with Crippen LogP contribution in [0.1, 0.15) is 12.8 Å². The number of carboxylic acid groups (broad SMARTS) is 2. The molecule has 0 aromatic carbocycles. The third-order valence-electron chi connectivity index (χ3n) is 2.57. The fraction of sp³-hybridized carbons (Fsp3) is 0.545. The Morgan fingerprint density at radius 3 is 1.83 bits per heavy atom. The molecule has 0 aliphatic heterocycles. The number of carbonyl (C=O) groups excluding carboxylic acids is 3. The Balaban J connectivity index is 5.04. The number of primary amides is 1. The number of hydrogen-bond acceptors (Lipinski definition) is 7.